The van der Waals surface area contributed by atoms with Gasteiger partial charge in [-0.25, -0.2) is 0 Å². The number of aryl methyl sites for hydroxylation is 1. The highest BCUT2D eigenvalue weighted by molar-refractivity contribution is 9.10. The second-order valence-corrected chi connectivity index (χ2v) is 9.89. The Morgan fingerprint density at radius 1 is 0.886 bits per heavy atom. The lowest BCUT2D eigenvalue weighted by Gasteiger charge is -2.20. The molecule has 3 amide bonds. The van der Waals surface area contributed by atoms with E-state index < -0.39 is 11.8 Å². The average molecular weight is 538 g/mol. The van der Waals surface area contributed by atoms with Crippen molar-refractivity contribution in [2.45, 2.75) is 33.1 Å². The molecule has 0 unspecified atom stereocenters. The first-order chi connectivity index (χ1) is 16.5. The Labute approximate surface area is 213 Å². The third-order valence-corrected chi connectivity index (χ3v) is 5.89. The molecule has 3 aromatic carbocycles. The zero-order chi connectivity index (χ0) is 25.6. The van der Waals surface area contributed by atoms with E-state index in [1.807, 2.05) is 31.2 Å². The Hall–Kier alpha value is -3.65. The van der Waals surface area contributed by atoms with E-state index in [9.17, 15) is 14.4 Å². The molecule has 0 radical (unpaired) electrons. The predicted octanol–water partition coefficient (Wildman–Crippen LogP) is 5.15. The lowest BCUT2D eigenvalue weighted by atomic mass is 9.87. The highest BCUT2D eigenvalue weighted by Gasteiger charge is 2.16. The number of hydrazine groups is 1. The number of carbonyl (C=O) groups excluding carboxylic acids is 3. The third kappa shape index (κ3) is 7.16. The maximum atomic E-state index is 12.4. The molecule has 0 aliphatic heterocycles. The number of rotatable bonds is 6. The summed E-state index contributed by atoms with van der Waals surface area (Å²) in [6, 6.07) is 19.3. The highest BCUT2D eigenvalue weighted by atomic mass is 79.9. The normalized spacial score (nSPS) is 10.9. The van der Waals surface area contributed by atoms with Crippen molar-refractivity contribution in [2.75, 3.05) is 11.9 Å². The number of hydrogen-bond donors (Lipinski definition) is 3. The summed E-state index contributed by atoms with van der Waals surface area (Å²) in [7, 11) is 0. The summed E-state index contributed by atoms with van der Waals surface area (Å²) in [6.07, 6.45) is 0. The maximum absolute atomic E-state index is 12.4. The number of halogens is 1. The Kier molecular flexibility index (Phi) is 8.30. The van der Waals surface area contributed by atoms with Crippen molar-refractivity contribution in [3.63, 3.8) is 0 Å². The molecule has 3 aromatic rings. The summed E-state index contributed by atoms with van der Waals surface area (Å²) < 4.78 is 6.30. The smallest absolute Gasteiger partial charge is 0.276 e. The zero-order valence-electron chi connectivity index (χ0n) is 20.1. The molecule has 0 aliphatic carbocycles. The fourth-order valence-corrected chi connectivity index (χ4v) is 3.69. The van der Waals surface area contributed by atoms with Gasteiger partial charge in [0.25, 0.3) is 17.7 Å². The topological polar surface area (TPSA) is 96.5 Å². The highest BCUT2D eigenvalue weighted by Crippen LogP contribution is 2.31. The van der Waals surface area contributed by atoms with E-state index in [1.54, 1.807) is 42.5 Å². The monoisotopic (exact) mass is 537 g/mol. The molecule has 0 bridgehead atoms. The fourth-order valence-electron chi connectivity index (χ4n) is 3.19. The molecule has 0 aromatic heterocycles. The van der Waals surface area contributed by atoms with Crippen LogP contribution in [0.3, 0.4) is 0 Å². The molecule has 0 saturated carbocycles. The third-order valence-electron chi connectivity index (χ3n) is 5.27. The molecule has 3 rings (SSSR count). The summed E-state index contributed by atoms with van der Waals surface area (Å²) >= 11 is 3.47. The van der Waals surface area contributed by atoms with E-state index in [1.165, 1.54) is 0 Å². The maximum Gasteiger partial charge on any atom is 0.276 e. The minimum absolute atomic E-state index is 0.00651. The molecule has 0 heterocycles. The van der Waals surface area contributed by atoms with Gasteiger partial charge < -0.3 is 10.1 Å². The predicted molar refractivity (Wildman–Crippen MR) is 140 cm³/mol. The molecule has 35 heavy (non-hydrogen) atoms. The van der Waals surface area contributed by atoms with Crippen molar-refractivity contribution < 1.29 is 19.1 Å². The van der Waals surface area contributed by atoms with Gasteiger partial charge in [-0.1, -0.05) is 45.0 Å². The van der Waals surface area contributed by atoms with Crippen LogP contribution in [-0.2, 0) is 10.2 Å². The van der Waals surface area contributed by atoms with Crippen LogP contribution in [0.2, 0.25) is 0 Å². The van der Waals surface area contributed by atoms with Gasteiger partial charge in [0, 0.05) is 16.8 Å². The van der Waals surface area contributed by atoms with Crippen LogP contribution in [0.4, 0.5) is 5.69 Å². The minimum atomic E-state index is -0.507. The Morgan fingerprint density at radius 3 is 2.20 bits per heavy atom. The van der Waals surface area contributed by atoms with Crippen LogP contribution >= 0.6 is 15.9 Å². The van der Waals surface area contributed by atoms with Crippen molar-refractivity contribution in [1.82, 2.24) is 10.9 Å². The second-order valence-electron chi connectivity index (χ2n) is 9.03. The van der Waals surface area contributed by atoms with Gasteiger partial charge in [0.05, 0.1) is 4.47 Å². The van der Waals surface area contributed by atoms with E-state index in [0.29, 0.717) is 22.6 Å². The molecule has 7 nitrogen and oxygen atoms in total. The van der Waals surface area contributed by atoms with Gasteiger partial charge in [0.15, 0.2) is 6.61 Å². The van der Waals surface area contributed by atoms with Gasteiger partial charge in [-0.05, 0) is 81.9 Å². The quantitative estimate of drug-likeness (QED) is 0.379. The van der Waals surface area contributed by atoms with E-state index in [2.05, 4.69) is 52.9 Å². The van der Waals surface area contributed by atoms with Gasteiger partial charge in [-0.3, -0.25) is 25.2 Å². The van der Waals surface area contributed by atoms with E-state index >= 15 is 0 Å². The van der Waals surface area contributed by atoms with E-state index in [0.717, 1.165) is 15.6 Å². The number of anilines is 1. The first-order valence-corrected chi connectivity index (χ1v) is 11.8. The van der Waals surface area contributed by atoms with Crippen LogP contribution in [0.1, 0.15) is 52.6 Å². The van der Waals surface area contributed by atoms with Crippen LogP contribution in [0.15, 0.2) is 71.2 Å². The molecular weight excluding hydrogens is 510 g/mol. The summed E-state index contributed by atoms with van der Waals surface area (Å²) in [6.45, 7) is 7.93. The molecule has 0 fully saturated rings. The number of amides is 3. The van der Waals surface area contributed by atoms with Crippen molar-refractivity contribution in [2.24, 2.45) is 0 Å². The lowest BCUT2D eigenvalue weighted by Crippen LogP contribution is -2.43. The number of ether oxygens (including phenoxy) is 1. The molecule has 0 atom stereocenters. The first-order valence-electron chi connectivity index (χ1n) is 11.0. The first kappa shape index (κ1) is 26.0. The van der Waals surface area contributed by atoms with Gasteiger partial charge >= 0.3 is 0 Å². The summed E-state index contributed by atoms with van der Waals surface area (Å²) in [5.74, 6) is -0.701. The molecule has 3 N–H and O–H groups in total. The summed E-state index contributed by atoms with van der Waals surface area (Å²) in [5.41, 5.74) is 8.14. The number of carbonyl (C=O) groups is 3. The number of hydrogen-bond acceptors (Lipinski definition) is 4. The molecule has 0 saturated heterocycles. The van der Waals surface area contributed by atoms with Crippen LogP contribution in [0.25, 0.3) is 0 Å². The van der Waals surface area contributed by atoms with Crippen molar-refractivity contribution in [1.29, 1.82) is 0 Å². The Morgan fingerprint density at radius 2 is 1.57 bits per heavy atom. The molecule has 0 aliphatic rings. The van der Waals surface area contributed by atoms with Gasteiger partial charge in [0.1, 0.15) is 5.75 Å². The van der Waals surface area contributed by atoms with Gasteiger partial charge in [-0.2, -0.15) is 0 Å². The van der Waals surface area contributed by atoms with Gasteiger partial charge in [0.2, 0.25) is 0 Å². The van der Waals surface area contributed by atoms with E-state index in [-0.39, 0.29) is 17.9 Å². The average Bonchev–Trinajstić information content (AvgIpc) is 2.81. The molecule has 0 spiro atoms. The molecular formula is C27H28BrN3O4. The number of nitrogens with one attached hydrogen (secondary N) is 3. The van der Waals surface area contributed by atoms with Crippen LogP contribution in [0.5, 0.6) is 5.75 Å². The van der Waals surface area contributed by atoms with Crippen LogP contribution < -0.4 is 20.9 Å². The standard InChI is InChI=1S/C27H28BrN3O4/c1-17-7-5-6-8-21(17)26(34)29-20-12-9-18(10-13-20)25(33)31-30-24(32)16-35-23-14-11-19(15-22(23)28)27(2,3)4/h5-15H,16H2,1-4H3,(H,29,34)(H,30,32)(H,31,33). The Balaban J connectivity index is 1.48. The van der Waals surface area contributed by atoms with Crippen molar-refractivity contribution in [3.8, 4) is 5.75 Å². The zero-order valence-corrected chi connectivity index (χ0v) is 21.7. The molecule has 8 heteroatoms. The summed E-state index contributed by atoms with van der Waals surface area (Å²) in [5, 5.41) is 2.80. The molecule has 182 valence electrons. The Bertz CT molecular complexity index is 1230. The van der Waals surface area contributed by atoms with Crippen molar-refractivity contribution >= 4 is 39.3 Å². The minimum Gasteiger partial charge on any atom is -0.483 e. The largest absolute Gasteiger partial charge is 0.483 e. The van der Waals surface area contributed by atoms with E-state index in [4.69, 9.17) is 4.74 Å². The SMILES string of the molecule is Cc1ccccc1C(=O)Nc1ccc(C(=O)NNC(=O)COc2ccc(C(C)(C)C)cc2Br)cc1. The van der Waals surface area contributed by atoms with Gasteiger partial charge in [-0.15, -0.1) is 0 Å². The van der Waals surface area contributed by atoms with Crippen molar-refractivity contribution in [3.05, 3.63) is 93.5 Å². The van der Waals surface area contributed by atoms with Crippen LogP contribution in [0, 0.1) is 6.92 Å². The second kappa shape index (κ2) is 11.2. The number of benzene rings is 3. The van der Waals surface area contributed by atoms with Crippen LogP contribution in [-0.4, -0.2) is 24.3 Å². The fraction of sp³-hybridized carbons (Fsp3) is 0.222. The lowest BCUT2D eigenvalue weighted by molar-refractivity contribution is -0.123. The summed E-state index contributed by atoms with van der Waals surface area (Å²) in [4.78, 5) is 36.9.